The number of halogens is 2. The molecule has 0 aliphatic carbocycles. The first-order valence-electron chi connectivity index (χ1n) is 7.38. The van der Waals surface area contributed by atoms with Crippen molar-refractivity contribution in [1.82, 2.24) is 14.7 Å². The minimum atomic E-state index is -0.373. The van der Waals surface area contributed by atoms with Crippen molar-refractivity contribution in [3.63, 3.8) is 0 Å². The Labute approximate surface area is 143 Å². The van der Waals surface area contributed by atoms with E-state index in [0.717, 1.165) is 30.2 Å². The van der Waals surface area contributed by atoms with Crippen molar-refractivity contribution in [2.75, 3.05) is 13.1 Å². The van der Waals surface area contributed by atoms with Gasteiger partial charge in [0.1, 0.15) is 5.92 Å². The number of benzene rings is 1. The van der Waals surface area contributed by atoms with Crippen molar-refractivity contribution in [2.45, 2.75) is 13.0 Å². The molecule has 0 bridgehead atoms. The summed E-state index contributed by atoms with van der Waals surface area (Å²) in [6.45, 7) is 3.51. The van der Waals surface area contributed by atoms with Crippen LogP contribution in [0.1, 0.15) is 18.5 Å². The fourth-order valence-electron chi connectivity index (χ4n) is 3.04. The van der Waals surface area contributed by atoms with Gasteiger partial charge in [-0.1, -0.05) is 29.3 Å². The van der Waals surface area contributed by atoms with E-state index in [2.05, 4.69) is 10.1 Å². The van der Waals surface area contributed by atoms with Gasteiger partial charge in [-0.2, -0.15) is 5.10 Å². The fourth-order valence-corrected chi connectivity index (χ4v) is 3.35. The van der Waals surface area contributed by atoms with Gasteiger partial charge >= 0.3 is 0 Å². The predicted molar refractivity (Wildman–Crippen MR) is 89.7 cm³/mol. The Morgan fingerprint density at radius 1 is 1.22 bits per heavy atom. The van der Waals surface area contributed by atoms with E-state index >= 15 is 0 Å². The molecule has 1 aromatic carbocycles. The van der Waals surface area contributed by atoms with Crippen LogP contribution >= 0.6 is 23.2 Å². The topological polar surface area (TPSA) is 50.3 Å². The van der Waals surface area contributed by atoms with Gasteiger partial charge in [-0.3, -0.25) is 4.79 Å². The summed E-state index contributed by atoms with van der Waals surface area (Å²) in [5, 5.41) is 5.34. The number of amides is 1. The second kappa shape index (κ2) is 5.35. The Morgan fingerprint density at radius 3 is 2.70 bits per heavy atom. The number of aliphatic imine (C=N–C) groups is 1. The van der Waals surface area contributed by atoms with Crippen molar-refractivity contribution >= 4 is 40.6 Å². The molecule has 2 atom stereocenters. The van der Waals surface area contributed by atoms with Gasteiger partial charge in [-0.15, -0.1) is 0 Å². The standard InChI is InChI=1S/C16H14Cl2N4O/c1-9-14(16(23)21-6-7-21)15(22-13(20-9)4-5-19-22)10-2-3-11(17)12(18)8-10/h2-5,8,14-15H,6-7H2,1H3. The molecule has 7 heteroatoms. The van der Waals surface area contributed by atoms with E-state index in [1.807, 2.05) is 24.0 Å². The number of hydrogen-bond donors (Lipinski definition) is 0. The smallest absolute Gasteiger partial charge is 0.234 e. The summed E-state index contributed by atoms with van der Waals surface area (Å²) in [6, 6.07) is 7.03. The number of carbonyl (C=O) groups excluding carboxylic acids is 1. The Bertz CT molecular complexity index is 825. The monoisotopic (exact) mass is 348 g/mol. The van der Waals surface area contributed by atoms with Gasteiger partial charge in [0.05, 0.1) is 22.3 Å². The molecule has 118 valence electrons. The van der Waals surface area contributed by atoms with E-state index in [1.54, 1.807) is 23.0 Å². The summed E-state index contributed by atoms with van der Waals surface area (Å²) >= 11 is 12.2. The molecular formula is C16H14Cl2N4O. The summed E-state index contributed by atoms with van der Waals surface area (Å²) < 4.78 is 1.79. The zero-order chi connectivity index (χ0) is 16.1. The highest BCUT2D eigenvalue weighted by Gasteiger charge is 2.42. The highest BCUT2D eigenvalue weighted by atomic mass is 35.5. The fraction of sp³-hybridized carbons (Fsp3) is 0.312. The quantitative estimate of drug-likeness (QED) is 0.781. The van der Waals surface area contributed by atoms with E-state index < -0.39 is 0 Å². The summed E-state index contributed by atoms with van der Waals surface area (Å²) in [7, 11) is 0. The summed E-state index contributed by atoms with van der Waals surface area (Å²) in [5.41, 5.74) is 1.70. The molecule has 2 aliphatic heterocycles. The second-order valence-corrected chi connectivity index (χ2v) is 6.62. The average Bonchev–Trinajstić information content (AvgIpc) is 3.27. The highest BCUT2D eigenvalue weighted by Crippen LogP contribution is 2.39. The van der Waals surface area contributed by atoms with E-state index in [9.17, 15) is 4.79 Å². The number of aromatic nitrogens is 2. The van der Waals surface area contributed by atoms with Crippen molar-refractivity contribution in [3.8, 4) is 0 Å². The summed E-state index contributed by atoms with van der Waals surface area (Å²) in [4.78, 5) is 19.1. The number of rotatable bonds is 2. The normalized spacial score (nSPS) is 22.6. The van der Waals surface area contributed by atoms with E-state index in [0.29, 0.717) is 10.0 Å². The molecule has 1 fully saturated rings. The number of hydrogen-bond acceptors (Lipinski definition) is 3. The Hall–Kier alpha value is -1.85. The first kappa shape index (κ1) is 14.7. The number of nitrogens with zero attached hydrogens (tertiary/aromatic N) is 4. The molecule has 2 aromatic rings. The molecule has 0 spiro atoms. The van der Waals surface area contributed by atoms with Crippen LogP contribution in [0.4, 0.5) is 5.82 Å². The molecule has 1 aromatic heterocycles. The van der Waals surface area contributed by atoms with Gasteiger partial charge < -0.3 is 4.90 Å². The maximum Gasteiger partial charge on any atom is 0.234 e. The number of carbonyl (C=O) groups is 1. The van der Waals surface area contributed by atoms with Gasteiger partial charge in [0.15, 0.2) is 5.82 Å². The Kier molecular flexibility index (Phi) is 3.43. The van der Waals surface area contributed by atoms with E-state index in [-0.39, 0.29) is 17.9 Å². The van der Waals surface area contributed by atoms with E-state index in [1.165, 1.54) is 0 Å². The lowest BCUT2D eigenvalue weighted by molar-refractivity contribution is -0.128. The van der Waals surface area contributed by atoms with Crippen LogP contribution in [0.2, 0.25) is 10.0 Å². The van der Waals surface area contributed by atoms with Crippen LogP contribution in [0.25, 0.3) is 0 Å². The Balaban J connectivity index is 1.86. The average molecular weight is 349 g/mol. The van der Waals surface area contributed by atoms with Crippen molar-refractivity contribution in [2.24, 2.45) is 10.9 Å². The van der Waals surface area contributed by atoms with Gasteiger partial charge in [-0.05, 0) is 24.6 Å². The van der Waals surface area contributed by atoms with Crippen LogP contribution in [0, 0.1) is 5.92 Å². The minimum absolute atomic E-state index is 0.0865. The van der Waals surface area contributed by atoms with E-state index in [4.69, 9.17) is 23.2 Å². The predicted octanol–water partition coefficient (Wildman–Crippen LogP) is 3.34. The van der Waals surface area contributed by atoms with Crippen LogP contribution in [-0.4, -0.2) is 39.4 Å². The summed E-state index contributed by atoms with van der Waals surface area (Å²) in [5.74, 6) is 0.457. The third-order valence-electron chi connectivity index (χ3n) is 4.28. The van der Waals surface area contributed by atoms with Crippen LogP contribution in [0.15, 0.2) is 35.5 Å². The lowest BCUT2D eigenvalue weighted by Crippen LogP contribution is -2.38. The largest absolute Gasteiger partial charge is 0.338 e. The molecule has 1 saturated heterocycles. The molecule has 23 heavy (non-hydrogen) atoms. The van der Waals surface area contributed by atoms with Crippen molar-refractivity contribution in [3.05, 3.63) is 46.1 Å². The zero-order valence-corrected chi connectivity index (χ0v) is 13.9. The molecule has 2 unspecified atom stereocenters. The lowest BCUT2D eigenvalue weighted by Gasteiger charge is -2.31. The van der Waals surface area contributed by atoms with Crippen LogP contribution in [-0.2, 0) is 4.79 Å². The van der Waals surface area contributed by atoms with Gasteiger partial charge in [-0.25, -0.2) is 9.67 Å². The van der Waals surface area contributed by atoms with Crippen molar-refractivity contribution in [1.29, 1.82) is 0 Å². The molecule has 0 radical (unpaired) electrons. The van der Waals surface area contributed by atoms with Crippen molar-refractivity contribution < 1.29 is 4.79 Å². The Morgan fingerprint density at radius 2 is 2.00 bits per heavy atom. The molecule has 3 heterocycles. The summed E-state index contributed by atoms with van der Waals surface area (Å²) in [6.07, 6.45) is 1.70. The van der Waals surface area contributed by atoms with Crippen LogP contribution in [0.5, 0.6) is 0 Å². The molecular weight excluding hydrogens is 335 g/mol. The minimum Gasteiger partial charge on any atom is -0.338 e. The van der Waals surface area contributed by atoms with Gasteiger partial charge in [0, 0.05) is 24.9 Å². The lowest BCUT2D eigenvalue weighted by atomic mass is 9.87. The zero-order valence-electron chi connectivity index (χ0n) is 12.4. The number of fused-ring (bicyclic) bond motifs is 1. The maximum atomic E-state index is 12.8. The van der Waals surface area contributed by atoms with Crippen LogP contribution < -0.4 is 0 Å². The molecule has 4 rings (SSSR count). The second-order valence-electron chi connectivity index (χ2n) is 5.81. The molecule has 1 amide bonds. The van der Waals surface area contributed by atoms with Gasteiger partial charge in [0.2, 0.25) is 5.91 Å². The molecule has 0 saturated carbocycles. The third kappa shape index (κ3) is 2.44. The molecule has 5 nitrogen and oxygen atoms in total. The van der Waals surface area contributed by atoms with Crippen LogP contribution in [0.3, 0.4) is 0 Å². The highest BCUT2D eigenvalue weighted by molar-refractivity contribution is 6.42. The SMILES string of the molecule is CC1=Nc2ccnn2C(c2ccc(Cl)c(Cl)c2)C1C(=O)N1CC1. The molecule has 0 N–H and O–H groups in total. The molecule has 2 aliphatic rings. The maximum absolute atomic E-state index is 12.8. The first-order chi connectivity index (χ1) is 11.1. The third-order valence-corrected chi connectivity index (χ3v) is 5.02. The first-order valence-corrected chi connectivity index (χ1v) is 8.14. The van der Waals surface area contributed by atoms with Gasteiger partial charge in [0.25, 0.3) is 0 Å².